The van der Waals surface area contributed by atoms with Crippen molar-refractivity contribution in [1.82, 2.24) is 4.98 Å². The molecule has 1 aromatic rings. The van der Waals surface area contributed by atoms with Gasteiger partial charge in [-0.15, -0.1) is 0 Å². The van der Waals surface area contributed by atoms with Crippen LogP contribution in [0.15, 0.2) is 66.2 Å². The fourth-order valence-corrected chi connectivity index (χ4v) is 1.29. The molecule has 0 fully saturated rings. The Labute approximate surface area is 88.6 Å². The Bertz CT molecular complexity index is 439. The smallest absolute Gasteiger partial charge is 0.122 e. The van der Waals surface area contributed by atoms with Crippen LogP contribution in [0.5, 0.6) is 0 Å². The van der Waals surface area contributed by atoms with E-state index in [0.29, 0.717) is 0 Å². The normalized spacial score (nSPS) is 14.0. The van der Waals surface area contributed by atoms with Gasteiger partial charge in [0.1, 0.15) is 5.76 Å². The van der Waals surface area contributed by atoms with Gasteiger partial charge in [-0.3, -0.25) is 4.98 Å². The Hall–Kier alpha value is -2.09. The molecule has 0 atom stereocenters. The molecule has 0 amide bonds. The lowest BCUT2D eigenvalue weighted by atomic mass is 10.2. The van der Waals surface area contributed by atoms with Crippen molar-refractivity contribution in [3.05, 3.63) is 71.8 Å². The molecule has 2 rings (SSSR count). The Morgan fingerprint density at radius 1 is 1.27 bits per heavy atom. The first kappa shape index (κ1) is 9.46. The number of hydrogen-bond donors (Lipinski definition) is 1. The predicted octanol–water partition coefficient (Wildman–Crippen LogP) is 3.03. The maximum Gasteiger partial charge on any atom is 0.122 e. The molecule has 0 saturated carbocycles. The third-order valence-electron chi connectivity index (χ3n) is 2.08. The Morgan fingerprint density at radius 3 is 2.73 bits per heavy atom. The van der Waals surface area contributed by atoms with Gasteiger partial charge in [0.2, 0.25) is 0 Å². The van der Waals surface area contributed by atoms with Gasteiger partial charge in [-0.25, -0.2) is 0 Å². The zero-order valence-electron chi connectivity index (χ0n) is 8.17. The minimum absolute atomic E-state index is 0.267. The summed E-state index contributed by atoms with van der Waals surface area (Å²) in [5.41, 5.74) is 1.80. The minimum atomic E-state index is 0.267. The Balaban J connectivity index is 2.16. The molecule has 1 N–H and O–H groups in total. The van der Waals surface area contributed by atoms with E-state index in [9.17, 15) is 5.11 Å². The zero-order valence-corrected chi connectivity index (χ0v) is 8.17. The number of aliphatic hydroxyl groups excluding tert-OH is 1. The highest BCUT2D eigenvalue weighted by Gasteiger charge is 1.97. The van der Waals surface area contributed by atoms with Crippen molar-refractivity contribution in [3.63, 3.8) is 0 Å². The highest BCUT2D eigenvalue weighted by molar-refractivity contribution is 5.54. The summed E-state index contributed by atoms with van der Waals surface area (Å²) >= 11 is 0. The van der Waals surface area contributed by atoms with E-state index in [4.69, 9.17) is 0 Å². The van der Waals surface area contributed by atoms with E-state index >= 15 is 0 Å². The van der Waals surface area contributed by atoms with Crippen molar-refractivity contribution in [2.45, 2.75) is 0 Å². The van der Waals surface area contributed by atoms with Crippen LogP contribution in [0.4, 0.5) is 0 Å². The summed E-state index contributed by atoms with van der Waals surface area (Å²) in [7, 11) is 0. The Morgan fingerprint density at radius 2 is 2.07 bits per heavy atom. The van der Waals surface area contributed by atoms with Crippen LogP contribution in [-0.2, 0) is 0 Å². The number of allylic oxidation sites excluding steroid dienone is 6. The van der Waals surface area contributed by atoms with Gasteiger partial charge >= 0.3 is 0 Å². The minimum Gasteiger partial charge on any atom is -0.507 e. The van der Waals surface area contributed by atoms with Crippen molar-refractivity contribution in [1.29, 1.82) is 0 Å². The van der Waals surface area contributed by atoms with Crippen LogP contribution in [0.1, 0.15) is 5.56 Å². The van der Waals surface area contributed by atoms with E-state index < -0.39 is 0 Å². The molecule has 0 spiro atoms. The number of aromatic nitrogens is 1. The summed E-state index contributed by atoms with van der Waals surface area (Å²) in [4.78, 5) is 3.98. The second kappa shape index (κ2) is 4.42. The van der Waals surface area contributed by atoms with Crippen LogP contribution >= 0.6 is 0 Å². The molecular weight excluding hydrogens is 186 g/mol. The van der Waals surface area contributed by atoms with Gasteiger partial charge in [0.15, 0.2) is 0 Å². The predicted molar refractivity (Wildman–Crippen MR) is 61.2 cm³/mol. The van der Waals surface area contributed by atoms with E-state index in [1.54, 1.807) is 18.5 Å². The average molecular weight is 197 g/mol. The third-order valence-corrected chi connectivity index (χ3v) is 2.08. The molecule has 2 nitrogen and oxygen atoms in total. The fourth-order valence-electron chi connectivity index (χ4n) is 1.29. The standard InChI is InChI=1S/C13H11NO/c15-13(12-5-1-2-6-12)8-7-11-4-3-9-14-10-11/h1-10,15H/b8-7+. The van der Waals surface area contributed by atoms with Gasteiger partial charge in [0.05, 0.1) is 0 Å². The first-order valence-electron chi connectivity index (χ1n) is 4.72. The molecule has 15 heavy (non-hydrogen) atoms. The van der Waals surface area contributed by atoms with E-state index in [1.165, 1.54) is 0 Å². The second-order valence-corrected chi connectivity index (χ2v) is 3.18. The molecule has 0 radical (unpaired) electrons. The highest BCUT2D eigenvalue weighted by Crippen LogP contribution is 2.13. The van der Waals surface area contributed by atoms with E-state index in [0.717, 1.165) is 11.1 Å². The van der Waals surface area contributed by atoms with E-state index in [-0.39, 0.29) is 5.76 Å². The molecule has 0 aromatic carbocycles. The maximum atomic E-state index is 9.68. The number of nitrogens with zero attached hydrogens (tertiary/aromatic N) is 1. The molecule has 2 heteroatoms. The highest BCUT2D eigenvalue weighted by atomic mass is 16.3. The molecule has 0 unspecified atom stereocenters. The maximum absolute atomic E-state index is 9.68. The molecule has 74 valence electrons. The first-order valence-corrected chi connectivity index (χ1v) is 4.72. The van der Waals surface area contributed by atoms with Gasteiger partial charge in [0, 0.05) is 18.0 Å². The van der Waals surface area contributed by atoms with Gasteiger partial charge in [-0.05, 0) is 23.8 Å². The molecule has 1 aliphatic carbocycles. The summed E-state index contributed by atoms with van der Waals surface area (Å²) in [6.45, 7) is 0. The summed E-state index contributed by atoms with van der Waals surface area (Å²) in [5.74, 6) is 0.267. The topological polar surface area (TPSA) is 33.1 Å². The lowest BCUT2D eigenvalue weighted by Crippen LogP contribution is -1.80. The summed E-state index contributed by atoms with van der Waals surface area (Å²) in [6.07, 6.45) is 14.5. The molecule has 0 aliphatic heterocycles. The summed E-state index contributed by atoms with van der Waals surface area (Å²) in [5, 5.41) is 9.68. The third kappa shape index (κ3) is 2.44. The Kier molecular flexibility index (Phi) is 2.79. The molecule has 1 heterocycles. The fraction of sp³-hybridized carbons (Fsp3) is 0. The van der Waals surface area contributed by atoms with Crippen molar-refractivity contribution in [2.24, 2.45) is 0 Å². The second-order valence-electron chi connectivity index (χ2n) is 3.18. The molecule has 0 saturated heterocycles. The van der Waals surface area contributed by atoms with Crippen LogP contribution < -0.4 is 0 Å². The van der Waals surface area contributed by atoms with Gasteiger partial charge < -0.3 is 5.11 Å². The van der Waals surface area contributed by atoms with Crippen molar-refractivity contribution in [3.8, 4) is 0 Å². The first-order chi connectivity index (χ1) is 7.36. The number of aliphatic hydroxyl groups is 1. The van der Waals surface area contributed by atoms with Crippen molar-refractivity contribution < 1.29 is 5.11 Å². The molecular formula is C13H11NO. The van der Waals surface area contributed by atoms with Crippen LogP contribution in [0.2, 0.25) is 0 Å². The lowest BCUT2D eigenvalue weighted by molar-refractivity contribution is 0.430. The number of hydrogen-bond acceptors (Lipinski definition) is 2. The van der Waals surface area contributed by atoms with Gasteiger partial charge in [-0.2, -0.15) is 0 Å². The van der Waals surface area contributed by atoms with E-state index in [1.807, 2.05) is 42.5 Å². The molecule has 1 aliphatic rings. The number of pyridine rings is 1. The van der Waals surface area contributed by atoms with Gasteiger partial charge in [0.25, 0.3) is 0 Å². The lowest BCUT2D eigenvalue weighted by Gasteiger charge is -1.95. The van der Waals surface area contributed by atoms with Crippen LogP contribution in [0.3, 0.4) is 0 Å². The monoisotopic (exact) mass is 197 g/mol. The van der Waals surface area contributed by atoms with Crippen LogP contribution in [0, 0.1) is 0 Å². The summed E-state index contributed by atoms with van der Waals surface area (Å²) < 4.78 is 0. The number of rotatable bonds is 2. The molecule has 0 bridgehead atoms. The van der Waals surface area contributed by atoms with Crippen LogP contribution in [-0.4, -0.2) is 10.1 Å². The quantitative estimate of drug-likeness (QED) is 0.739. The largest absolute Gasteiger partial charge is 0.507 e. The van der Waals surface area contributed by atoms with Crippen molar-refractivity contribution in [2.75, 3.05) is 0 Å². The SMILES string of the molecule is OC(/C=C/c1cccnc1)=C1C=CC=C1. The molecule has 1 aromatic heterocycles. The van der Waals surface area contributed by atoms with E-state index in [2.05, 4.69) is 4.98 Å². The van der Waals surface area contributed by atoms with Crippen molar-refractivity contribution >= 4 is 6.08 Å². The zero-order chi connectivity index (χ0) is 10.5. The average Bonchev–Trinajstić information content (AvgIpc) is 2.81. The van der Waals surface area contributed by atoms with Crippen LogP contribution in [0.25, 0.3) is 6.08 Å². The van der Waals surface area contributed by atoms with Gasteiger partial charge in [-0.1, -0.05) is 30.4 Å². The summed E-state index contributed by atoms with van der Waals surface area (Å²) in [6, 6.07) is 3.79.